The van der Waals surface area contributed by atoms with Crippen molar-refractivity contribution in [2.24, 2.45) is 0 Å². The summed E-state index contributed by atoms with van der Waals surface area (Å²) in [6.45, 7) is 6.21. The van der Waals surface area contributed by atoms with E-state index >= 15 is 0 Å². The molecule has 2 N–H and O–H groups in total. The highest BCUT2D eigenvalue weighted by Crippen LogP contribution is 2.24. The maximum atomic E-state index is 13.4. The van der Waals surface area contributed by atoms with Gasteiger partial charge in [-0.2, -0.15) is 0 Å². The second-order valence-electron chi connectivity index (χ2n) is 7.69. The average molecular weight is 417 g/mol. The smallest absolute Gasteiger partial charge is 0.321 e. The molecule has 3 aromatic heterocycles. The second-order valence-corrected chi connectivity index (χ2v) is 7.69. The molecule has 8 nitrogen and oxygen atoms in total. The van der Waals surface area contributed by atoms with Crippen molar-refractivity contribution in [2.45, 2.75) is 39.7 Å². The number of amides is 1. The number of nitrogens with zero attached hydrogens (tertiary/aromatic N) is 3. The number of carbonyl (C=O) groups excluding carboxylic acids is 1. The molecule has 4 rings (SSSR count). The normalized spacial score (nSPS) is 11.4. The number of aryl methyl sites for hydroxylation is 1. The lowest BCUT2D eigenvalue weighted by atomic mass is 10.0. The molecule has 4 aromatic rings. The predicted octanol–water partition coefficient (Wildman–Crippen LogP) is 3.42. The van der Waals surface area contributed by atoms with Crippen LogP contribution >= 0.6 is 0 Å². The van der Waals surface area contributed by atoms with Crippen LogP contribution in [-0.2, 0) is 6.54 Å². The van der Waals surface area contributed by atoms with E-state index in [4.69, 9.17) is 0 Å². The summed E-state index contributed by atoms with van der Waals surface area (Å²) in [5.41, 5.74) is 1.22. The topological polar surface area (TPSA) is 110 Å². The van der Waals surface area contributed by atoms with Gasteiger partial charge in [0.1, 0.15) is 0 Å². The molecule has 0 unspecified atom stereocenters. The highest BCUT2D eigenvalue weighted by atomic mass is 16.2. The number of hydrogen-bond donors (Lipinski definition) is 2. The first-order chi connectivity index (χ1) is 14.9. The Morgan fingerprint density at radius 3 is 2.74 bits per heavy atom. The first-order valence-electron chi connectivity index (χ1n) is 10.2. The first-order valence-corrected chi connectivity index (χ1v) is 10.2. The number of H-pyrrole nitrogens is 1. The summed E-state index contributed by atoms with van der Waals surface area (Å²) in [5.74, 6) is -0.444. The van der Waals surface area contributed by atoms with E-state index in [1.54, 1.807) is 30.5 Å². The van der Waals surface area contributed by atoms with E-state index in [2.05, 4.69) is 20.3 Å². The van der Waals surface area contributed by atoms with Gasteiger partial charge in [-0.15, -0.1) is 0 Å². The van der Waals surface area contributed by atoms with Crippen LogP contribution in [0.2, 0.25) is 0 Å². The van der Waals surface area contributed by atoms with Gasteiger partial charge in [-0.25, -0.2) is 9.78 Å². The molecule has 8 heteroatoms. The Hall–Kier alpha value is -3.81. The largest absolute Gasteiger partial charge is 0.329 e. The van der Waals surface area contributed by atoms with Crippen molar-refractivity contribution in [3.63, 3.8) is 0 Å². The maximum absolute atomic E-state index is 13.4. The van der Waals surface area contributed by atoms with Gasteiger partial charge >= 0.3 is 5.69 Å². The van der Waals surface area contributed by atoms with Crippen LogP contribution in [0.5, 0.6) is 0 Å². The van der Waals surface area contributed by atoms with Gasteiger partial charge in [0.25, 0.3) is 11.5 Å². The SMILES string of the molecule is CCCn1c(=O)[nH]c(=O)c2c(C(=O)Nc3cccc4ncccc34)cc(C(C)C)nc21. The van der Waals surface area contributed by atoms with E-state index in [0.29, 0.717) is 24.3 Å². The van der Waals surface area contributed by atoms with Gasteiger partial charge < -0.3 is 5.32 Å². The minimum Gasteiger partial charge on any atom is -0.321 e. The summed E-state index contributed by atoms with van der Waals surface area (Å²) in [6, 6.07) is 10.7. The highest BCUT2D eigenvalue weighted by Gasteiger charge is 2.21. The van der Waals surface area contributed by atoms with E-state index in [0.717, 1.165) is 10.9 Å². The number of anilines is 1. The zero-order valence-corrected chi connectivity index (χ0v) is 17.6. The molecule has 0 saturated carbocycles. The van der Waals surface area contributed by atoms with Gasteiger partial charge in [0, 0.05) is 23.8 Å². The number of hydrogen-bond acceptors (Lipinski definition) is 5. The summed E-state index contributed by atoms with van der Waals surface area (Å²) in [5, 5.41) is 3.80. The Morgan fingerprint density at radius 2 is 2.00 bits per heavy atom. The molecule has 0 aliphatic heterocycles. The molecule has 0 saturated heterocycles. The highest BCUT2D eigenvalue weighted by molar-refractivity contribution is 6.14. The molecule has 31 heavy (non-hydrogen) atoms. The lowest BCUT2D eigenvalue weighted by Gasteiger charge is -2.15. The molecule has 0 aliphatic carbocycles. The van der Waals surface area contributed by atoms with Crippen molar-refractivity contribution in [2.75, 3.05) is 5.32 Å². The number of benzene rings is 1. The lowest BCUT2D eigenvalue weighted by Crippen LogP contribution is -2.32. The molecule has 0 radical (unpaired) electrons. The standard InChI is InChI=1S/C23H23N5O3/c1-4-11-28-20-19(22(30)27-23(28)31)15(12-18(25-20)13(2)3)21(29)26-17-9-5-8-16-14(17)7-6-10-24-16/h5-10,12-13H,4,11H2,1-3H3,(H,26,29)(H,27,30,31). The molecule has 0 bridgehead atoms. The summed E-state index contributed by atoms with van der Waals surface area (Å²) in [7, 11) is 0. The Bertz CT molecular complexity index is 1410. The average Bonchev–Trinajstić information content (AvgIpc) is 2.76. The fourth-order valence-corrected chi connectivity index (χ4v) is 3.60. The molecule has 0 atom stereocenters. The third kappa shape index (κ3) is 3.72. The van der Waals surface area contributed by atoms with Gasteiger partial charge in [0.05, 0.1) is 22.2 Å². The molecular weight excluding hydrogens is 394 g/mol. The quantitative estimate of drug-likeness (QED) is 0.517. The number of aromatic amines is 1. The molecule has 158 valence electrons. The van der Waals surface area contributed by atoms with Crippen molar-refractivity contribution in [3.05, 3.63) is 74.7 Å². The summed E-state index contributed by atoms with van der Waals surface area (Å²) >= 11 is 0. The van der Waals surface area contributed by atoms with Gasteiger partial charge in [0.15, 0.2) is 5.65 Å². The Balaban J connectivity index is 1.93. The first kappa shape index (κ1) is 20.5. The van der Waals surface area contributed by atoms with Crippen LogP contribution in [0.15, 0.2) is 52.2 Å². The fourth-order valence-electron chi connectivity index (χ4n) is 3.60. The van der Waals surface area contributed by atoms with Crippen molar-refractivity contribution in [1.82, 2.24) is 19.5 Å². The Labute approximate surface area is 178 Å². The number of nitrogens with one attached hydrogen (secondary N) is 2. The van der Waals surface area contributed by atoms with E-state index in [-0.39, 0.29) is 22.5 Å². The number of carbonyl (C=O) groups is 1. The molecule has 1 amide bonds. The van der Waals surface area contributed by atoms with Crippen LogP contribution in [0.3, 0.4) is 0 Å². The van der Waals surface area contributed by atoms with Gasteiger partial charge in [-0.3, -0.25) is 24.1 Å². The third-order valence-corrected chi connectivity index (χ3v) is 5.15. The van der Waals surface area contributed by atoms with Gasteiger partial charge in [-0.05, 0) is 42.7 Å². The van der Waals surface area contributed by atoms with Crippen molar-refractivity contribution < 1.29 is 4.79 Å². The number of fused-ring (bicyclic) bond motifs is 2. The zero-order chi connectivity index (χ0) is 22.1. The van der Waals surface area contributed by atoms with Crippen LogP contribution in [0.25, 0.3) is 21.9 Å². The van der Waals surface area contributed by atoms with Crippen LogP contribution in [0, 0.1) is 0 Å². The monoisotopic (exact) mass is 417 g/mol. The summed E-state index contributed by atoms with van der Waals surface area (Å²) in [4.78, 5) is 49.7. The van der Waals surface area contributed by atoms with E-state index in [1.807, 2.05) is 32.9 Å². The third-order valence-electron chi connectivity index (χ3n) is 5.15. The van der Waals surface area contributed by atoms with Crippen LogP contribution < -0.4 is 16.6 Å². The minimum absolute atomic E-state index is 0.00201. The molecule has 0 fully saturated rings. The van der Waals surface area contributed by atoms with Crippen molar-refractivity contribution >= 4 is 33.5 Å². The van der Waals surface area contributed by atoms with E-state index < -0.39 is 17.2 Å². The second kappa shape index (κ2) is 8.14. The molecular formula is C23H23N5O3. The van der Waals surface area contributed by atoms with Crippen molar-refractivity contribution in [1.29, 1.82) is 0 Å². The minimum atomic E-state index is -0.625. The number of pyridine rings is 2. The molecule has 0 spiro atoms. The Kier molecular flexibility index (Phi) is 5.37. The number of rotatable bonds is 5. The Morgan fingerprint density at radius 1 is 1.19 bits per heavy atom. The van der Waals surface area contributed by atoms with Crippen LogP contribution in [-0.4, -0.2) is 25.4 Å². The lowest BCUT2D eigenvalue weighted by molar-refractivity contribution is 0.102. The molecule has 3 heterocycles. The van der Waals surface area contributed by atoms with Gasteiger partial charge in [0.2, 0.25) is 0 Å². The van der Waals surface area contributed by atoms with Gasteiger partial charge in [-0.1, -0.05) is 26.8 Å². The summed E-state index contributed by atoms with van der Waals surface area (Å²) < 4.78 is 1.42. The van der Waals surface area contributed by atoms with Crippen molar-refractivity contribution in [3.8, 4) is 0 Å². The molecule has 1 aromatic carbocycles. The predicted molar refractivity (Wildman–Crippen MR) is 121 cm³/mol. The number of aromatic nitrogens is 4. The van der Waals surface area contributed by atoms with E-state index in [9.17, 15) is 14.4 Å². The fraction of sp³-hybridized carbons (Fsp3) is 0.261. The van der Waals surface area contributed by atoms with Crippen LogP contribution in [0.4, 0.5) is 5.69 Å². The van der Waals surface area contributed by atoms with Crippen LogP contribution in [0.1, 0.15) is 49.2 Å². The van der Waals surface area contributed by atoms with E-state index in [1.165, 1.54) is 4.57 Å². The summed E-state index contributed by atoms with van der Waals surface area (Å²) in [6.07, 6.45) is 2.37. The zero-order valence-electron chi connectivity index (χ0n) is 17.6. The molecule has 0 aliphatic rings. The maximum Gasteiger partial charge on any atom is 0.329 e.